The van der Waals surface area contributed by atoms with Crippen LogP contribution < -0.4 is 10.0 Å². The van der Waals surface area contributed by atoms with Crippen LogP contribution in [0.4, 0.5) is 5.69 Å². The van der Waals surface area contributed by atoms with Crippen LogP contribution >= 0.6 is 46.6 Å². The number of thioether (sulfide) groups is 1. The Hall–Kier alpha value is -0.950. The Morgan fingerprint density at radius 2 is 1.86 bits per heavy atom. The zero-order chi connectivity index (χ0) is 15.7. The van der Waals surface area contributed by atoms with E-state index in [2.05, 4.69) is 0 Å². The lowest BCUT2D eigenvalue weighted by molar-refractivity contribution is -0.301. The summed E-state index contributed by atoms with van der Waals surface area (Å²) < 4.78 is 0. The fraction of sp³-hybridized carbons (Fsp3) is 0.250. The summed E-state index contributed by atoms with van der Waals surface area (Å²) >= 11 is 18.5. The van der Waals surface area contributed by atoms with Crippen molar-refractivity contribution in [3.63, 3.8) is 0 Å². The maximum atomic E-state index is 12.2. The molecule has 0 radical (unpaired) electrons. The van der Waals surface area contributed by atoms with E-state index in [1.54, 1.807) is 0 Å². The van der Waals surface area contributed by atoms with Crippen LogP contribution in [0.15, 0.2) is 12.1 Å². The molecule has 0 aliphatic carbocycles. The van der Waals surface area contributed by atoms with Gasteiger partial charge in [-0.1, -0.05) is 34.8 Å². The van der Waals surface area contributed by atoms with Gasteiger partial charge in [-0.3, -0.25) is 9.59 Å². The van der Waals surface area contributed by atoms with Crippen LogP contribution in [0, 0.1) is 0 Å². The van der Waals surface area contributed by atoms with Crippen LogP contribution in [0.2, 0.25) is 15.1 Å². The van der Waals surface area contributed by atoms with Gasteiger partial charge in [-0.15, -0.1) is 11.8 Å². The molecule has 1 fully saturated rings. The highest BCUT2D eigenvalue weighted by Gasteiger charge is 2.40. The van der Waals surface area contributed by atoms with Crippen molar-refractivity contribution in [2.24, 2.45) is 0 Å². The first-order valence-electron chi connectivity index (χ1n) is 5.64. The maximum Gasteiger partial charge on any atom is 0.247 e. The minimum absolute atomic E-state index is 0.104. The number of carboxylic acid groups (broad SMARTS) is 1. The van der Waals surface area contributed by atoms with E-state index in [1.807, 2.05) is 0 Å². The zero-order valence-electron chi connectivity index (χ0n) is 10.3. The number of benzene rings is 1. The van der Waals surface area contributed by atoms with E-state index < -0.39 is 23.0 Å². The van der Waals surface area contributed by atoms with E-state index in [0.717, 1.165) is 16.7 Å². The summed E-state index contributed by atoms with van der Waals surface area (Å²) in [6, 6.07) is 2.66. The van der Waals surface area contributed by atoms with Crippen molar-refractivity contribution in [1.29, 1.82) is 0 Å². The average molecular weight is 368 g/mol. The third-order valence-corrected chi connectivity index (χ3v) is 4.94. The monoisotopic (exact) mass is 366 g/mol. The molecule has 1 saturated heterocycles. The van der Waals surface area contributed by atoms with Gasteiger partial charge in [0, 0.05) is 12.2 Å². The molecule has 0 unspecified atom stereocenters. The summed E-state index contributed by atoms with van der Waals surface area (Å²) in [5.74, 6) is -2.68. The van der Waals surface area contributed by atoms with Crippen molar-refractivity contribution in [2.75, 3.05) is 10.7 Å². The molecule has 112 valence electrons. The van der Waals surface area contributed by atoms with Gasteiger partial charge >= 0.3 is 0 Å². The number of rotatable bonds is 4. The molecule has 5 nitrogen and oxygen atoms in total. The van der Waals surface area contributed by atoms with Gasteiger partial charge in [-0.2, -0.15) is 0 Å². The molecule has 2 amide bonds. The Kier molecular flexibility index (Phi) is 5.03. The van der Waals surface area contributed by atoms with Gasteiger partial charge in [0.2, 0.25) is 11.8 Å². The van der Waals surface area contributed by atoms with Gasteiger partial charge < -0.3 is 9.90 Å². The number of hydrogen-bond donors (Lipinski definition) is 0. The molecular formula is C12H7Cl3NO4S-. The van der Waals surface area contributed by atoms with E-state index in [1.165, 1.54) is 12.1 Å². The summed E-state index contributed by atoms with van der Waals surface area (Å²) in [4.78, 5) is 35.5. The molecule has 1 aliphatic rings. The van der Waals surface area contributed by atoms with E-state index in [4.69, 9.17) is 34.8 Å². The second-order valence-electron chi connectivity index (χ2n) is 4.16. The number of carbonyl (C=O) groups excluding carboxylic acids is 3. The van der Waals surface area contributed by atoms with Crippen molar-refractivity contribution < 1.29 is 19.5 Å². The van der Waals surface area contributed by atoms with E-state index in [0.29, 0.717) is 0 Å². The SMILES string of the molecule is O=C([O-])CS[C@H]1CC(=O)N(c2cc(Cl)c(Cl)cc2Cl)C1=O. The highest BCUT2D eigenvalue weighted by Crippen LogP contribution is 2.38. The van der Waals surface area contributed by atoms with Crippen LogP contribution in [-0.2, 0) is 14.4 Å². The lowest BCUT2D eigenvalue weighted by Gasteiger charge is -2.17. The number of halogens is 3. The normalized spacial score (nSPS) is 18.4. The zero-order valence-corrected chi connectivity index (χ0v) is 13.4. The first-order chi connectivity index (χ1) is 9.81. The quantitative estimate of drug-likeness (QED) is 0.598. The summed E-state index contributed by atoms with van der Waals surface area (Å²) in [5, 5.41) is 10.1. The Morgan fingerprint density at radius 1 is 1.24 bits per heavy atom. The van der Waals surface area contributed by atoms with Gasteiger partial charge in [0.25, 0.3) is 0 Å². The molecule has 0 saturated carbocycles. The topological polar surface area (TPSA) is 77.5 Å². The minimum Gasteiger partial charge on any atom is -0.549 e. The molecular weight excluding hydrogens is 361 g/mol. The number of imide groups is 1. The molecule has 1 aromatic rings. The van der Waals surface area contributed by atoms with Gasteiger partial charge in [0.05, 0.1) is 32.0 Å². The Balaban J connectivity index is 2.28. The minimum atomic E-state index is -1.30. The number of nitrogens with zero attached hydrogens (tertiary/aromatic N) is 1. The van der Waals surface area contributed by atoms with E-state index in [-0.39, 0.29) is 32.9 Å². The number of carboxylic acids is 1. The van der Waals surface area contributed by atoms with Gasteiger partial charge in [-0.05, 0) is 12.1 Å². The summed E-state index contributed by atoms with van der Waals surface area (Å²) in [6.45, 7) is 0. The van der Waals surface area contributed by atoms with Crippen molar-refractivity contribution in [2.45, 2.75) is 11.7 Å². The van der Waals surface area contributed by atoms with Crippen LogP contribution in [-0.4, -0.2) is 28.8 Å². The fourth-order valence-electron chi connectivity index (χ4n) is 1.84. The Labute approximate surface area is 139 Å². The molecule has 0 aromatic heterocycles. The smallest absolute Gasteiger partial charge is 0.247 e. The molecule has 0 N–H and O–H groups in total. The molecule has 0 bridgehead atoms. The van der Waals surface area contributed by atoms with Crippen molar-refractivity contribution in [3.05, 3.63) is 27.2 Å². The second-order valence-corrected chi connectivity index (χ2v) is 6.57. The third-order valence-electron chi connectivity index (χ3n) is 2.74. The predicted octanol–water partition coefficient (Wildman–Crippen LogP) is 1.76. The second kappa shape index (κ2) is 6.44. The highest BCUT2D eigenvalue weighted by molar-refractivity contribution is 8.01. The summed E-state index contributed by atoms with van der Waals surface area (Å²) in [7, 11) is 0. The highest BCUT2D eigenvalue weighted by atomic mass is 35.5. The average Bonchev–Trinajstić information content (AvgIpc) is 2.67. The van der Waals surface area contributed by atoms with Crippen LogP contribution in [0.5, 0.6) is 0 Å². The molecule has 21 heavy (non-hydrogen) atoms. The lowest BCUT2D eigenvalue weighted by Crippen LogP contribution is -2.32. The molecule has 1 aliphatic heterocycles. The Bertz CT molecular complexity index is 637. The van der Waals surface area contributed by atoms with E-state index >= 15 is 0 Å². The van der Waals surface area contributed by atoms with Crippen LogP contribution in [0.3, 0.4) is 0 Å². The van der Waals surface area contributed by atoms with Crippen LogP contribution in [0.25, 0.3) is 0 Å². The van der Waals surface area contributed by atoms with Crippen molar-refractivity contribution in [3.8, 4) is 0 Å². The first-order valence-corrected chi connectivity index (χ1v) is 7.82. The number of anilines is 1. The number of aliphatic carboxylic acids is 1. The number of amides is 2. The Morgan fingerprint density at radius 3 is 2.48 bits per heavy atom. The summed E-state index contributed by atoms with van der Waals surface area (Å²) in [5.41, 5.74) is 0.137. The predicted molar refractivity (Wildman–Crippen MR) is 79.8 cm³/mol. The van der Waals surface area contributed by atoms with Crippen LogP contribution in [0.1, 0.15) is 6.42 Å². The van der Waals surface area contributed by atoms with E-state index in [9.17, 15) is 19.5 Å². The molecule has 1 aromatic carbocycles. The molecule has 9 heteroatoms. The molecule has 0 spiro atoms. The molecule has 2 rings (SSSR count). The van der Waals surface area contributed by atoms with Gasteiger partial charge in [0.1, 0.15) is 0 Å². The number of carbonyl (C=O) groups is 3. The summed E-state index contributed by atoms with van der Waals surface area (Å²) in [6.07, 6.45) is -0.104. The maximum absolute atomic E-state index is 12.2. The van der Waals surface area contributed by atoms with Crippen molar-refractivity contribution >= 4 is 70.0 Å². The molecule has 1 heterocycles. The first kappa shape index (κ1) is 16.4. The third kappa shape index (κ3) is 3.45. The largest absolute Gasteiger partial charge is 0.549 e. The van der Waals surface area contributed by atoms with Gasteiger partial charge in [-0.25, -0.2) is 4.90 Å². The number of hydrogen-bond acceptors (Lipinski definition) is 5. The molecule has 1 atom stereocenters. The van der Waals surface area contributed by atoms with Gasteiger partial charge in [0.15, 0.2) is 0 Å². The fourth-order valence-corrected chi connectivity index (χ4v) is 3.31. The standard InChI is InChI=1S/C12H8Cl3NO4S/c13-5-1-7(15)8(2-6(5)14)16-10(17)3-9(12(16)20)21-4-11(18)19/h1-2,9H,3-4H2,(H,18,19)/p-1/t9-/m0/s1. The lowest BCUT2D eigenvalue weighted by atomic mass is 10.3. The van der Waals surface area contributed by atoms with Crippen molar-refractivity contribution in [1.82, 2.24) is 0 Å².